The normalized spacial score (nSPS) is 30.3. The van der Waals surface area contributed by atoms with Gasteiger partial charge in [0.1, 0.15) is 0 Å². The first-order valence-corrected chi connectivity index (χ1v) is 26.7. The van der Waals surface area contributed by atoms with Gasteiger partial charge in [-0.05, 0) is 91.3 Å². The Morgan fingerprint density at radius 2 is 0.239 bits per heavy atom. The minimum Gasteiger partial charge on any atom is -0.0533 e. The highest BCUT2D eigenvalue weighted by Crippen LogP contribution is 2.57. The van der Waals surface area contributed by atoms with Crippen LogP contribution in [0.5, 0.6) is 0 Å². The van der Waals surface area contributed by atoms with Gasteiger partial charge in [-0.1, -0.05) is 154 Å². The van der Waals surface area contributed by atoms with Gasteiger partial charge in [-0.25, -0.2) is 0 Å². The van der Waals surface area contributed by atoms with Gasteiger partial charge in [-0.3, -0.25) is 0 Å². The van der Waals surface area contributed by atoms with Crippen LogP contribution in [-0.2, 0) is 0 Å². The van der Waals surface area contributed by atoms with E-state index in [0.29, 0.717) is 0 Å². The van der Waals surface area contributed by atoms with Gasteiger partial charge in [0, 0.05) is 37.0 Å². The Balaban J connectivity index is 1.92. The van der Waals surface area contributed by atoms with Crippen molar-refractivity contribution in [3.63, 3.8) is 0 Å². The third-order valence-corrected chi connectivity index (χ3v) is 19.1. The lowest BCUT2D eigenvalue weighted by atomic mass is 10.1. The minimum atomic E-state index is -1.21. The smallest absolute Gasteiger partial charge is 0.0533 e. The Hall–Kier alpha value is 0.990. The van der Waals surface area contributed by atoms with E-state index < -0.39 is 14.3 Å². The molecule has 3 fully saturated rings. The maximum atomic E-state index is 7.32. The second-order valence-corrected chi connectivity index (χ2v) is 24.1. The number of hydrogen-bond donors (Lipinski definition) is 0. The molecule has 3 aliphatic rings. The van der Waals surface area contributed by atoms with Crippen molar-refractivity contribution >= 4 is 29.4 Å². The predicted molar refractivity (Wildman–Crippen MR) is 221 cm³/mol. The molecule has 3 aliphatic heterocycles. The van der Waals surface area contributed by atoms with Crippen LogP contribution < -0.4 is 0 Å². The highest BCUT2D eigenvalue weighted by molar-refractivity contribution is 7.97. The van der Waals surface area contributed by atoms with Crippen LogP contribution in [-0.4, -0.2) is 52.1 Å². The van der Waals surface area contributed by atoms with Crippen molar-refractivity contribution in [2.45, 2.75) is 231 Å². The minimum absolute atomic E-state index is 1.21. The lowest BCUT2D eigenvalue weighted by molar-refractivity contribution is 0.544. The zero-order chi connectivity index (χ0) is 32.7. The lowest BCUT2D eigenvalue weighted by Crippen LogP contribution is -2.09. The summed E-state index contributed by atoms with van der Waals surface area (Å²) in [6.45, 7) is 0. The van der Waals surface area contributed by atoms with Gasteiger partial charge in [0.15, 0.2) is 0 Å². The summed E-state index contributed by atoms with van der Waals surface area (Å²) in [5.74, 6) is 0. The molecule has 0 atom stereocenters. The fourth-order valence-electron chi connectivity index (χ4n) is 8.53. The molecule has 0 aromatic carbocycles. The summed E-state index contributed by atoms with van der Waals surface area (Å²) >= 11 is 0. The summed E-state index contributed by atoms with van der Waals surface area (Å²) in [6.07, 6.45) is 60.4. The largest absolute Gasteiger partial charge is 0.365 e. The van der Waals surface area contributed by atoms with Gasteiger partial charge in [0.05, 0.1) is 0 Å². The molecule has 0 aliphatic carbocycles. The molecule has 0 saturated carbocycles. The molecule has 4 radical (unpaired) electrons. The number of fused-ring (bicyclic) bond motifs is 39. The number of hydrogen-bond acceptors (Lipinski definition) is 0. The van der Waals surface area contributed by atoms with Gasteiger partial charge in [0.25, 0.3) is 0 Å². The first-order chi connectivity index (χ1) is 22.6. The van der Waals surface area contributed by atoms with E-state index in [1.165, 1.54) is 268 Å². The molecule has 3 saturated heterocycles. The second kappa shape index (κ2) is 30.8. The van der Waals surface area contributed by atoms with Gasteiger partial charge in [0.2, 0.25) is 0 Å². The van der Waals surface area contributed by atoms with Crippen LogP contribution in [0.25, 0.3) is 0 Å². The Bertz CT molecular complexity index is 506. The maximum absolute atomic E-state index is 7.32. The summed E-state index contributed by atoms with van der Waals surface area (Å²) in [5.41, 5.74) is 0. The zero-order valence-corrected chi connectivity index (χ0v) is 33.5. The van der Waals surface area contributed by atoms with Gasteiger partial charge < -0.3 is 0 Å². The van der Waals surface area contributed by atoms with Gasteiger partial charge >= 0.3 is 15.1 Å². The summed E-state index contributed by atoms with van der Waals surface area (Å²) in [5, 5.41) is 0. The van der Waals surface area contributed by atoms with Gasteiger partial charge in [-0.15, -0.1) is 0 Å². The van der Waals surface area contributed by atoms with E-state index in [2.05, 4.69) is 0 Å². The number of rotatable bonds is 0. The molecular weight excluding hydrogens is 588 g/mol. The van der Waals surface area contributed by atoms with E-state index >= 15 is 0 Å². The molecule has 46 heavy (non-hydrogen) atoms. The van der Waals surface area contributed by atoms with Crippen molar-refractivity contribution in [1.29, 1.82) is 0 Å². The average molecular weight is 673 g/mol. The Kier molecular flexibility index (Phi) is 28.9. The highest BCUT2D eigenvalue weighted by Gasteiger charge is 2.30. The van der Waals surface area contributed by atoms with E-state index in [0.717, 1.165) is 0 Å². The molecule has 2 bridgehead atoms. The molecule has 0 N–H and O–H groups in total. The van der Waals surface area contributed by atoms with Crippen LogP contribution in [0.4, 0.5) is 0 Å². The Labute approximate surface area is 296 Å². The first kappa shape index (κ1) is 43.2. The molecule has 3 rings (SSSR count). The summed E-state index contributed by atoms with van der Waals surface area (Å²) < 4.78 is 0. The van der Waals surface area contributed by atoms with Gasteiger partial charge in [-0.2, -0.15) is 0 Å². The standard InChI is InChI=1S/C42H84B2P2/c43-45-37-31-25-19-13-7-1-2-8-14-20-26-32-38-46(44,41-35-29-23-17-11-5-3-9-15-21-27-33-39-45)42-36-30-24-18-12-6-4-10-16-22-28-34-40-45/h1-42H2/q+2. The van der Waals surface area contributed by atoms with Crippen molar-refractivity contribution < 1.29 is 0 Å². The molecule has 0 aromatic rings. The molecule has 4 heteroatoms. The summed E-state index contributed by atoms with van der Waals surface area (Å²) in [7, 11) is 12.2. The SMILES string of the molecule is [B][P+]12CCCCCCCCCCCCCC[P+]([B])(CCCCCCCCCCCCCC1)CCCCCCCCCCCCCC2. The van der Waals surface area contributed by atoms with E-state index in [9.17, 15) is 0 Å². The zero-order valence-electron chi connectivity index (χ0n) is 31.7. The Morgan fingerprint density at radius 1 is 0.152 bits per heavy atom. The van der Waals surface area contributed by atoms with Crippen LogP contribution >= 0.6 is 14.3 Å². The Morgan fingerprint density at radius 3 is 0.348 bits per heavy atom. The van der Waals surface area contributed by atoms with Crippen LogP contribution in [0.15, 0.2) is 0 Å². The second-order valence-electron chi connectivity index (χ2n) is 16.5. The molecular formula is C42H84B2P2+2. The molecule has 266 valence electrons. The van der Waals surface area contributed by atoms with Crippen molar-refractivity contribution in [3.05, 3.63) is 0 Å². The monoisotopic (exact) mass is 673 g/mol. The third-order valence-electron chi connectivity index (χ3n) is 11.9. The molecule has 3 heterocycles. The predicted octanol–water partition coefficient (Wildman–Crippen LogP) is 15.3. The molecule has 0 amide bonds. The first-order valence-electron chi connectivity index (χ1n) is 21.9. The molecule has 0 unspecified atom stereocenters. The highest BCUT2D eigenvalue weighted by atomic mass is 31.2. The topological polar surface area (TPSA) is 0 Å². The summed E-state index contributed by atoms with van der Waals surface area (Å²) in [6, 6.07) is 0. The average Bonchev–Trinajstić information content (AvgIpc) is 3.04. The van der Waals surface area contributed by atoms with Crippen molar-refractivity contribution in [2.24, 2.45) is 0 Å². The molecule has 0 nitrogen and oxygen atoms in total. The van der Waals surface area contributed by atoms with E-state index in [1.54, 1.807) is 0 Å². The summed E-state index contributed by atoms with van der Waals surface area (Å²) in [4.78, 5) is 0. The van der Waals surface area contributed by atoms with E-state index in [1.807, 2.05) is 0 Å². The van der Waals surface area contributed by atoms with E-state index in [4.69, 9.17) is 15.1 Å². The van der Waals surface area contributed by atoms with Crippen molar-refractivity contribution in [2.75, 3.05) is 37.0 Å². The van der Waals surface area contributed by atoms with Crippen molar-refractivity contribution in [3.8, 4) is 0 Å². The molecule has 0 aromatic heterocycles. The van der Waals surface area contributed by atoms with Crippen LogP contribution in [0.3, 0.4) is 0 Å². The van der Waals surface area contributed by atoms with Crippen LogP contribution in [0.2, 0.25) is 0 Å². The van der Waals surface area contributed by atoms with Crippen molar-refractivity contribution in [1.82, 2.24) is 0 Å². The lowest BCUT2D eigenvalue weighted by Gasteiger charge is -2.24. The third kappa shape index (κ3) is 25.9. The quantitative estimate of drug-likeness (QED) is 0.177. The van der Waals surface area contributed by atoms with Crippen LogP contribution in [0, 0.1) is 0 Å². The molecule has 0 spiro atoms. The van der Waals surface area contributed by atoms with E-state index in [-0.39, 0.29) is 0 Å². The van der Waals surface area contributed by atoms with Crippen LogP contribution in [0.1, 0.15) is 231 Å². The fourth-order valence-corrected chi connectivity index (χ4v) is 15.0. The fraction of sp³-hybridized carbons (Fsp3) is 1.00. The maximum Gasteiger partial charge on any atom is 0.365 e.